The van der Waals surface area contributed by atoms with E-state index < -0.39 is 0 Å². The summed E-state index contributed by atoms with van der Waals surface area (Å²) < 4.78 is 37.5. The molecule has 2 aliphatic heterocycles. The van der Waals surface area contributed by atoms with Crippen LogP contribution in [0.2, 0.25) is 20.1 Å². The van der Waals surface area contributed by atoms with E-state index >= 15 is 0 Å². The number of amides is 4. The third-order valence-electron chi connectivity index (χ3n) is 14.1. The Hall–Kier alpha value is -5.95. The Morgan fingerprint density at radius 2 is 0.882 bits per heavy atom. The van der Waals surface area contributed by atoms with Gasteiger partial charge in [-0.15, -0.1) is 22.6 Å². The number of nitrogens with one attached hydrogen (secondary N) is 4. The molecule has 2 aromatic heterocycles. The molecule has 0 spiro atoms. The lowest BCUT2D eigenvalue weighted by Crippen LogP contribution is -2.32. The van der Waals surface area contributed by atoms with Gasteiger partial charge in [0.05, 0.1) is 105 Å². The number of rotatable bonds is 30. The minimum Gasteiger partial charge on any atom is -0.377 e. The maximum Gasteiger partial charge on any atom is 0.319 e. The average molecular weight is 1270 g/mol. The van der Waals surface area contributed by atoms with Crippen molar-refractivity contribution in [3.05, 3.63) is 163 Å². The summed E-state index contributed by atoms with van der Waals surface area (Å²) in [5.41, 5.74) is 11.5. The fourth-order valence-corrected chi connectivity index (χ4v) is 11.2. The Morgan fingerprint density at radius 1 is 0.506 bits per heavy atom. The molecule has 0 aliphatic carbocycles. The SMILES string of the molecule is CN1Cc2c(Cl)cc(Cl)cc2[C@H](c2cccc(-c3cn(CCOCCOCCOCCNC(=O)Nc4ccc(NC(=O)NCCOCCOCCOCCn5cc(-c6cccc([C@@H]7CN(C)Cc8c(Cl)cc(Cl)cc87)c6)nn5)cc4)nn3)c2)C1.Cl. The van der Waals surface area contributed by atoms with Crippen molar-refractivity contribution in [3.8, 4) is 22.5 Å². The lowest BCUT2D eigenvalue weighted by Gasteiger charge is -2.33. The minimum absolute atomic E-state index is 0. The van der Waals surface area contributed by atoms with Crippen LogP contribution >= 0.6 is 58.8 Å². The van der Waals surface area contributed by atoms with Gasteiger partial charge in [0.15, 0.2) is 0 Å². The molecule has 85 heavy (non-hydrogen) atoms. The van der Waals surface area contributed by atoms with Crippen molar-refractivity contribution in [2.45, 2.75) is 38.0 Å². The van der Waals surface area contributed by atoms with Crippen LogP contribution in [0.15, 0.2) is 109 Å². The molecular formula is C60H71Cl5N12O8. The Labute approximate surface area is 521 Å². The van der Waals surface area contributed by atoms with E-state index in [0.717, 1.165) is 70.9 Å². The number of hydrogen-bond donors (Lipinski definition) is 4. The summed E-state index contributed by atoms with van der Waals surface area (Å²) >= 11 is 26.0. The fourth-order valence-electron chi connectivity index (χ4n) is 10.0. The van der Waals surface area contributed by atoms with Crippen LogP contribution in [0.3, 0.4) is 0 Å². The number of carbonyl (C=O) groups excluding carboxylic acids is 2. The van der Waals surface area contributed by atoms with Crippen LogP contribution < -0.4 is 21.3 Å². The van der Waals surface area contributed by atoms with Crippen LogP contribution in [0.5, 0.6) is 0 Å². The van der Waals surface area contributed by atoms with Crippen molar-refractivity contribution in [2.75, 3.05) is 130 Å². The number of halogens is 5. The van der Waals surface area contributed by atoms with Gasteiger partial charge in [-0.2, -0.15) is 0 Å². The summed E-state index contributed by atoms with van der Waals surface area (Å²) in [7, 11) is 4.20. The standard InChI is InChI=1S/C60H70Cl4N12O8.ClH/c1-73-35-51(49-31-45(61)33-55(63)53(49)37-73)41-5-3-7-43(29-41)57-39-75(71-69-57)15-19-81-23-27-83-25-21-79-17-13-65-59(77)67-47-9-11-48(12-10-47)68-60(78)66-14-18-80-22-26-84-28-24-82-20-16-76-40-58(70-72-76)44-8-4-6-42(30-44)52-36-74(2)38-54-50(52)32-46(62)34-56(54)64;/h3-12,29-34,39-40,51-52H,13-28,35-38H2,1-2H3,(H2,65,67,77)(H2,66,68,78);1H/t51-,52-;/m0./s1. The second-order valence-corrected chi connectivity index (χ2v) is 22.1. The van der Waals surface area contributed by atoms with E-state index in [9.17, 15) is 9.59 Å². The van der Waals surface area contributed by atoms with E-state index in [0.29, 0.717) is 137 Å². The number of carbonyl (C=O) groups is 2. The number of aromatic nitrogens is 6. The third-order valence-corrected chi connectivity index (χ3v) is 15.2. The summed E-state index contributed by atoms with van der Waals surface area (Å²) in [6.45, 7) is 9.74. The van der Waals surface area contributed by atoms with Crippen LogP contribution in [-0.2, 0) is 54.6 Å². The van der Waals surface area contributed by atoms with Gasteiger partial charge < -0.3 is 59.5 Å². The van der Waals surface area contributed by atoms with Crippen molar-refractivity contribution in [2.24, 2.45) is 0 Å². The monoisotopic (exact) mass is 1260 g/mol. The number of benzene rings is 5. The van der Waals surface area contributed by atoms with Gasteiger partial charge in [0.1, 0.15) is 11.4 Å². The zero-order valence-corrected chi connectivity index (χ0v) is 51.3. The summed E-state index contributed by atoms with van der Waals surface area (Å²) in [5, 5.41) is 31.2. The zero-order chi connectivity index (χ0) is 58.6. The molecule has 0 saturated heterocycles. The maximum absolute atomic E-state index is 12.4. The Balaban J connectivity index is 0.00000940. The first-order valence-corrected chi connectivity index (χ1v) is 29.4. The molecular weight excluding hydrogens is 1190 g/mol. The van der Waals surface area contributed by atoms with Gasteiger partial charge in [-0.25, -0.2) is 19.0 Å². The summed E-state index contributed by atoms with van der Waals surface area (Å²) in [5.74, 6) is 0.258. The topological polar surface area (TPSA) is 206 Å². The van der Waals surface area contributed by atoms with Crippen LogP contribution in [0, 0.1) is 0 Å². The summed E-state index contributed by atoms with van der Waals surface area (Å²) in [4.78, 5) is 29.4. The highest BCUT2D eigenvalue weighted by Crippen LogP contribution is 2.41. The first kappa shape index (κ1) is 65.0. The molecule has 5 aromatic carbocycles. The van der Waals surface area contributed by atoms with Gasteiger partial charge in [0.2, 0.25) is 0 Å². The van der Waals surface area contributed by atoms with Crippen molar-refractivity contribution in [1.29, 1.82) is 0 Å². The quantitative estimate of drug-likeness (QED) is 0.0310. The highest BCUT2D eigenvalue weighted by molar-refractivity contribution is 6.35. The summed E-state index contributed by atoms with van der Waals surface area (Å²) in [6, 6.07) is 30.5. The number of hydrogen-bond acceptors (Lipinski definition) is 14. The second-order valence-electron chi connectivity index (χ2n) is 20.4. The Morgan fingerprint density at radius 3 is 1.28 bits per heavy atom. The van der Waals surface area contributed by atoms with Gasteiger partial charge in [-0.05, 0) is 108 Å². The van der Waals surface area contributed by atoms with E-state index in [1.54, 1.807) is 33.6 Å². The molecule has 0 saturated carbocycles. The van der Waals surface area contributed by atoms with E-state index in [1.165, 1.54) is 11.1 Å². The van der Waals surface area contributed by atoms with Gasteiger partial charge in [0, 0.05) is 93.7 Å². The van der Waals surface area contributed by atoms with Gasteiger partial charge in [-0.3, -0.25) is 0 Å². The van der Waals surface area contributed by atoms with Gasteiger partial charge in [-0.1, -0.05) is 93.2 Å². The largest absolute Gasteiger partial charge is 0.377 e. The third kappa shape index (κ3) is 19.5. The predicted octanol–water partition coefficient (Wildman–Crippen LogP) is 10.1. The molecule has 0 unspecified atom stereocenters. The molecule has 0 radical (unpaired) electrons. The molecule has 0 bridgehead atoms. The number of ether oxygens (including phenoxy) is 6. The average Bonchev–Trinajstić information content (AvgIpc) is 1.83. The molecule has 4 N–H and O–H groups in total. The van der Waals surface area contributed by atoms with E-state index in [2.05, 4.69) is 90.1 Å². The molecule has 2 atom stereocenters. The van der Waals surface area contributed by atoms with Gasteiger partial charge in [0.25, 0.3) is 0 Å². The molecule has 25 heteroatoms. The van der Waals surface area contributed by atoms with Crippen molar-refractivity contribution < 1.29 is 38.0 Å². The zero-order valence-electron chi connectivity index (χ0n) is 47.5. The molecule has 0 fully saturated rings. The van der Waals surface area contributed by atoms with Crippen LogP contribution in [0.25, 0.3) is 22.5 Å². The number of fused-ring (bicyclic) bond motifs is 2. The molecule has 2 aliphatic rings. The Kier molecular flexibility index (Phi) is 25.4. The van der Waals surface area contributed by atoms with E-state index in [4.69, 9.17) is 74.8 Å². The number of nitrogens with zero attached hydrogens (tertiary/aromatic N) is 8. The lowest BCUT2D eigenvalue weighted by atomic mass is 9.84. The lowest BCUT2D eigenvalue weighted by molar-refractivity contribution is 0.0136. The highest BCUT2D eigenvalue weighted by atomic mass is 35.5. The predicted molar refractivity (Wildman–Crippen MR) is 333 cm³/mol. The molecule has 4 amide bonds. The van der Waals surface area contributed by atoms with Crippen LogP contribution in [-0.4, -0.2) is 171 Å². The molecule has 4 heterocycles. The minimum atomic E-state index is -0.381. The van der Waals surface area contributed by atoms with E-state index in [1.807, 2.05) is 60.9 Å². The smallest absolute Gasteiger partial charge is 0.319 e. The van der Waals surface area contributed by atoms with Crippen LogP contribution in [0.1, 0.15) is 45.2 Å². The normalized spacial score (nSPS) is 15.0. The number of urea groups is 2. The number of anilines is 2. The van der Waals surface area contributed by atoms with Crippen molar-refractivity contribution >= 4 is 82.2 Å². The summed E-state index contributed by atoms with van der Waals surface area (Å²) in [6.07, 6.45) is 3.85. The van der Waals surface area contributed by atoms with Crippen molar-refractivity contribution in [3.63, 3.8) is 0 Å². The highest BCUT2D eigenvalue weighted by Gasteiger charge is 2.29. The number of likely N-dealkylation sites (N-methyl/N-ethyl adjacent to an activating group) is 2. The molecule has 454 valence electrons. The first-order valence-electron chi connectivity index (χ1n) is 27.9. The van der Waals surface area contributed by atoms with E-state index in [-0.39, 0.29) is 36.3 Å². The fraction of sp³-hybridized carbons (Fsp3) is 0.400. The first-order chi connectivity index (χ1) is 40.9. The molecule has 7 aromatic rings. The molecule has 20 nitrogen and oxygen atoms in total. The second kappa shape index (κ2) is 33.2. The van der Waals surface area contributed by atoms with Crippen LogP contribution in [0.4, 0.5) is 21.0 Å². The Bertz CT molecular complexity index is 3050. The maximum atomic E-state index is 12.4. The molecule has 9 rings (SSSR count). The van der Waals surface area contributed by atoms with Gasteiger partial charge >= 0.3 is 12.1 Å². The van der Waals surface area contributed by atoms with Crippen molar-refractivity contribution in [1.82, 2.24) is 50.4 Å².